The molecule has 0 radical (unpaired) electrons. The summed E-state index contributed by atoms with van der Waals surface area (Å²) >= 11 is 2.84. The van der Waals surface area contributed by atoms with Crippen LogP contribution in [0.3, 0.4) is 0 Å². The van der Waals surface area contributed by atoms with E-state index >= 15 is 0 Å². The van der Waals surface area contributed by atoms with Crippen molar-refractivity contribution < 1.29 is 19.1 Å². The molecule has 2 aromatic rings. The number of thiophene rings is 2. The zero-order valence-corrected chi connectivity index (χ0v) is 17.9. The van der Waals surface area contributed by atoms with Crippen molar-refractivity contribution in [2.45, 2.75) is 39.7 Å². The van der Waals surface area contributed by atoms with E-state index in [-0.39, 0.29) is 36.4 Å². The van der Waals surface area contributed by atoms with E-state index in [4.69, 9.17) is 4.74 Å². The third-order valence-corrected chi connectivity index (χ3v) is 7.06. The van der Waals surface area contributed by atoms with Gasteiger partial charge in [0.2, 0.25) is 5.91 Å². The molecule has 1 saturated heterocycles. The minimum absolute atomic E-state index is 0.133. The van der Waals surface area contributed by atoms with Crippen molar-refractivity contribution in [1.82, 2.24) is 4.90 Å². The maximum absolute atomic E-state index is 12.7. The zero-order chi connectivity index (χ0) is 20.3. The fourth-order valence-electron chi connectivity index (χ4n) is 3.56. The Morgan fingerprint density at radius 2 is 2.14 bits per heavy atom. The molecule has 3 heterocycles. The first-order chi connectivity index (χ1) is 13.4. The molecule has 2 aromatic heterocycles. The molecule has 28 heavy (non-hydrogen) atoms. The van der Waals surface area contributed by atoms with Gasteiger partial charge in [0.05, 0.1) is 23.6 Å². The lowest BCUT2D eigenvalue weighted by atomic mass is 10.1. The molecule has 1 fully saturated rings. The van der Waals surface area contributed by atoms with Crippen LogP contribution in [0.1, 0.15) is 63.2 Å². The van der Waals surface area contributed by atoms with Gasteiger partial charge in [-0.05, 0) is 57.2 Å². The van der Waals surface area contributed by atoms with E-state index in [9.17, 15) is 14.4 Å². The van der Waals surface area contributed by atoms with Crippen molar-refractivity contribution in [3.8, 4) is 0 Å². The number of likely N-dealkylation sites (tertiary alicyclic amines) is 1. The number of hydrogen-bond acceptors (Lipinski definition) is 7. The fraction of sp³-hybridized carbons (Fsp3) is 0.450. The van der Waals surface area contributed by atoms with Crippen LogP contribution in [0.5, 0.6) is 0 Å². The van der Waals surface area contributed by atoms with Crippen molar-refractivity contribution in [2.24, 2.45) is 0 Å². The molecule has 150 valence electrons. The normalized spacial score (nSPS) is 16.9. The topological polar surface area (TPSA) is 75.7 Å². The number of hydrogen-bond donors (Lipinski definition) is 1. The van der Waals surface area contributed by atoms with Crippen LogP contribution in [0, 0.1) is 6.92 Å². The Kier molecular flexibility index (Phi) is 6.64. The Morgan fingerprint density at radius 3 is 2.79 bits per heavy atom. The first-order valence-electron chi connectivity index (χ1n) is 9.31. The predicted molar refractivity (Wildman–Crippen MR) is 112 cm³/mol. The van der Waals surface area contributed by atoms with E-state index < -0.39 is 5.97 Å². The Balaban J connectivity index is 1.77. The molecule has 0 saturated carbocycles. The molecular weight excluding hydrogens is 396 g/mol. The average molecular weight is 421 g/mol. The van der Waals surface area contributed by atoms with Gasteiger partial charge in [0.25, 0.3) is 0 Å². The standard InChI is InChI=1S/C20H24N2O4S2/c1-4-26-20(25)17-12(2)18(13(3)23)28-19(17)21-16(24)11-22-9-5-7-14(22)15-8-6-10-27-15/h6,8,10,14H,4-5,7,9,11H2,1-3H3,(H,21,24)/t14-/m1/s1. The largest absolute Gasteiger partial charge is 0.462 e. The first kappa shape index (κ1) is 20.7. The van der Waals surface area contributed by atoms with E-state index in [0.29, 0.717) is 15.4 Å². The summed E-state index contributed by atoms with van der Waals surface area (Å²) in [5, 5.41) is 5.28. The maximum Gasteiger partial charge on any atom is 0.341 e. The number of esters is 1. The van der Waals surface area contributed by atoms with Crippen LogP contribution >= 0.6 is 22.7 Å². The first-order valence-corrected chi connectivity index (χ1v) is 11.0. The molecule has 0 aliphatic carbocycles. The van der Waals surface area contributed by atoms with E-state index in [0.717, 1.165) is 30.7 Å². The SMILES string of the molecule is CCOC(=O)c1c(NC(=O)CN2CCC[C@@H]2c2cccs2)sc(C(C)=O)c1C. The second-order valence-corrected chi connectivity index (χ2v) is 8.73. The summed E-state index contributed by atoms with van der Waals surface area (Å²) in [6, 6.07) is 4.39. The summed E-state index contributed by atoms with van der Waals surface area (Å²) in [7, 11) is 0. The van der Waals surface area contributed by atoms with Gasteiger partial charge in [-0.2, -0.15) is 0 Å². The highest BCUT2D eigenvalue weighted by Gasteiger charge is 2.30. The van der Waals surface area contributed by atoms with E-state index in [1.807, 2.05) is 6.07 Å². The molecule has 1 aliphatic heterocycles. The van der Waals surface area contributed by atoms with Crippen LogP contribution < -0.4 is 5.32 Å². The van der Waals surface area contributed by atoms with Gasteiger partial charge in [-0.1, -0.05) is 6.07 Å². The quantitative estimate of drug-likeness (QED) is 0.535. The number of nitrogens with zero attached hydrogens (tertiary/aromatic N) is 1. The van der Waals surface area contributed by atoms with E-state index in [1.54, 1.807) is 25.2 Å². The summed E-state index contributed by atoms with van der Waals surface area (Å²) < 4.78 is 5.12. The summed E-state index contributed by atoms with van der Waals surface area (Å²) in [5.41, 5.74) is 0.838. The van der Waals surface area contributed by atoms with Crippen molar-refractivity contribution in [3.05, 3.63) is 38.4 Å². The van der Waals surface area contributed by atoms with Gasteiger partial charge in [-0.3, -0.25) is 14.5 Å². The van der Waals surface area contributed by atoms with Crippen LogP contribution in [-0.4, -0.2) is 42.3 Å². The second kappa shape index (κ2) is 8.98. The Labute approximate surface area is 172 Å². The zero-order valence-electron chi connectivity index (χ0n) is 16.2. The molecule has 8 heteroatoms. The predicted octanol–water partition coefficient (Wildman–Crippen LogP) is 4.27. The maximum atomic E-state index is 12.7. The highest BCUT2D eigenvalue weighted by atomic mass is 32.1. The minimum atomic E-state index is -0.517. The van der Waals surface area contributed by atoms with Crippen LogP contribution in [0.4, 0.5) is 5.00 Å². The van der Waals surface area contributed by atoms with Gasteiger partial charge in [0.15, 0.2) is 5.78 Å². The van der Waals surface area contributed by atoms with Gasteiger partial charge in [-0.25, -0.2) is 4.79 Å². The molecular formula is C20H24N2O4S2. The van der Waals surface area contributed by atoms with Crippen molar-refractivity contribution >= 4 is 45.3 Å². The van der Waals surface area contributed by atoms with Crippen molar-refractivity contribution in [2.75, 3.05) is 25.0 Å². The lowest BCUT2D eigenvalue weighted by Gasteiger charge is -2.22. The van der Waals surface area contributed by atoms with Gasteiger partial charge in [0.1, 0.15) is 5.00 Å². The molecule has 6 nitrogen and oxygen atoms in total. The van der Waals surface area contributed by atoms with Crippen LogP contribution in [0.2, 0.25) is 0 Å². The number of ketones is 1. The lowest BCUT2D eigenvalue weighted by Crippen LogP contribution is -2.32. The van der Waals surface area contributed by atoms with Gasteiger partial charge in [-0.15, -0.1) is 22.7 Å². The van der Waals surface area contributed by atoms with E-state index in [2.05, 4.69) is 21.7 Å². The van der Waals surface area contributed by atoms with Crippen LogP contribution in [-0.2, 0) is 9.53 Å². The summed E-state index contributed by atoms with van der Waals surface area (Å²) in [5.74, 6) is -0.840. The van der Waals surface area contributed by atoms with E-state index in [1.165, 1.54) is 11.8 Å². The molecule has 1 atom stereocenters. The number of amides is 1. The summed E-state index contributed by atoms with van der Waals surface area (Å²) in [6.45, 7) is 6.23. The van der Waals surface area contributed by atoms with Crippen molar-refractivity contribution in [3.63, 3.8) is 0 Å². The monoisotopic (exact) mass is 420 g/mol. The average Bonchev–Trinajstić information content (AvgIpc) is 3.35. The number of ether oxygens (including phenoxy) is 1. The smallest absolute Gasteiger partial charge is 0.341 e. The van der Waals surface area contributed by atoms with Gasteiger partial charge in [0, 0.05) is 10.9 Å². The number of Topliss-reactive ketones (excluding diaryl/α,β-unsaturated/α-hetero) is 1. The van der Waals surface area contributed by atoms with Crippen molar-refractivity contribution in [1.29, 1.82) is 0 Å². The molecule has 1 aliphatic rings. The summed E-state index contributed by atoms with van der Waals surface area (Å²) in [4.78, 5) is 40.9. The number of carbonyl (C=O) groups is 3. The Bertz CT molecular complexity index is 873. The number of rotatable bonds is 7. The highest BCUT2D eigenvalue weighted by Crippen LogP contribution is 2.36. The van der Waals surface area contributed by atoms with Crippen LogP contribution in [0.15, 0.2) is 17.5 Å². The molecule has 0 bridgehead atoms. The minimum Gasteiger partial charge on any atom is -0.462 e. The number of carbonyl (C=O) groups excluding carboxylic acids is 3. The fourth-order valence-corrected chi connectivity index (χ4v) is 5.56. The Morgan fingerprint density at radius 1 is 1.36 bits per heavy atom. The van der Waals surface area contributed by atoms with Gasteiger partial charge >= 0.3 is 5.97 Å². The highest BCUT2D eigenvalue weighted by molar-refractivity contribution is 7.18. The molecule has 1 N–H and O–H groups in total. The Hall–Kier alpha value is -2.03. The van der Waals surface area contributed by atoms with Crippen LogP contribution in [0.25, 0.3) is 0 Å². The molecule has 0 aromatic carbocycles. The number of anilines is 1. The second-order valence-electron chi connectivity index (χ2n) is 6.73. The lowest BCUT2D eigenvalue weighted by molar-refractivity contribution is -0.117. The third-order valence-electron chi connectivity index (χ3n) is 4.78. The summed E-state index contributed by atoms with van der Waals surface area (Å²) in [6.07, 6.45) is 2.09. The molecule has 1 amide bonds. The number of nitrogens with one attached hydrogen (secondary N) is 1. The molecule has 0 spiro atoms. The molecule has 3 rings (SSSR count). The molecule has 0 unspecified atom stereocenters. The third kappa shape index (κ3) is 4.34. The van der Waals surface area contributed by atoms with Gasteiger partial charge < -0.3 is 10.1 Å².